The van der Waals surface area contributed by atoms with Crippen LogP contribution in [0.5, 0.6) is 0 Å². The van der Waals surface area contributed by atoms with Crippen molar-refractivity contribution in [1.82, 2.24) is 15.3 Å². The minimum atomic E-state index is 0.277. The quantitative estimate of drug-likeness (QED) is 0.863. The summed E-state index contributed by atoms with van der Waals surface area (Å²) in [6.45, 7) is 0.676. The summed E-state index contributed by atoms with van der Waals surface area (Å²) < 4.78 is 0.932. The molecule has 1 heterocycles. The Kier molecular flexibility index (Phi) is 3.19. The normalized spacial score (nSPS) is 10.9. The van der Waals surface area contributed by atoms with Crippen LogP contribution < -0.4 is 5.32 Å². The molecule has 0 atom stereocenters. The highest BCUT2D eigenvalue weighted by molar-refractivity contribution is 9.10. The largest absolute Gasteiger partial charge is 0.314 e. The first-order valence-corrected chi connectivity index (χ1v) is 5.64. The van der Waals surface area contributed by atoms with E-state index in [2.05, 4.69) is 31.2 Å². The van der Waals surface area contributed by atoms with Gasteiger partial charge in [-0.2, -0.15) is 0 Å². The van der Waals surface area contributed by atoms with E-state index in [0.29, 0.717) is 6.54 Å². The SMILES string of the molecule is CNCc1nc(Cl)nc2c(Br)cccc12. The van der Waals surface area contributed by atoms with E-state index in [0.717, 1.165) is 21.1 Å². The van der Waals surface area contributed by atoms with Crippen molar-refractivity contribution in [3.8, 4) is 0 Å². The summed E-state index contributed by atoms with van der Waals surface area (Å²) in [5, 5.41) is 4.35. The van der Waals surface area contributed by atoms with Gasteiger partial charge in [-0.05, 0) is 40.6 Å². The van der Waals surface area contributed by atoms with Gasteiger partial charge in [-0.25, -0.2) is 9.97 Å². The zero-order chi connectivity index (χ0) is 10.8. The molecule has 2 aromatic rings. The maximum atomic E-state index is 5.86. The van der Waals surface area contributed by atoms with Crippen LogP contribution >= 0.6 is 27.5 Å². The van der Waals surface area contributed by atoms with Crippen molar-refractivity contribution in [3.05, 3.63) is 33.6 Å². The van der Waals surface area contributed by atoms with Crippen LogP contribution in [0.25, 0.3) is 10.9 Å². The second-order valence-corrected chi connectivity index (χ2v) is 4.30. The minimum absolute atomic E-state index is 0.277. The molecular formula is C10H9BrClN3. The van der Waals surface area contributed by atoms with E-state index in [4.69, 9.17) is 11.6 Å². The smallest absolute Gasteiger partial charge is 0.223 e. The Bertz CT molecular complexity index is 501. The van der Waals surface area contributed by atoms with Crippen molar-refractivity contribution in [2.75, 3.05) is 7.05 Å². The fourth-order valence-corrected chi connectivity index (χ4v) is 2.09. The van der Waals surface area contributed by atoms with Gasteiger partial charge in [-0.1, -0.05) is 12.1 Å². The standard InChI is InChI=1S/C10H9BrClN3/c1-13-5-8-6-3-2-4-7(11)9(6)15-10(12)14-8/h2-4,13H,5H2,1H3. The summed E-state index contributed by atoms with van der Waals surface area (Å²) >= 11 is 9.31. The molecule has 2 rings (SSSR count). The van der Waals surface area contributed by atoms with Crippen molar-refractivity contribution < 1.29 is 0 Å². The lowest BCUT2D eigenvalue weighted by Crippen LogP contribution is -2.08. The van der Waals surface area contributed by atoms with Gasteiger partial charge in [0.25, 0.3) is 0 Å². The summed E-state index contributed by atoms with van der Waals surface area (Å²) in [6.07, 6.45) is 0. The van der Waals surface area contributed by atoms with Crippen molar-refractivity contribution >= 4 is 38.4 Å². The average molecular weight is 287 g/mol. The van der Waals surface area contributed by atoms with Gasteiger partial charge >= 0.3 is 0 Å². The van der Waals surface area contributed by atoms with E-state index < -0.39 is 0 Å². The number of benzene rings is 1. The first kappa shape index (κ1) is 10.8. The molecule has 1 aromatic heterocycles. The molecule has 0 aliphatic heterocycles. The Morgan fingerprint density at radius 1 is 1.40 bits per heavy atom. The number of fused-ring (bicyclic) bond motifs is 1. The lowest BCUT2D eigenvalue weighted by Gasteiger charge is -2.06. The van der Waals surface area contributed by atoms with Gasteiger partial charge < -0.3 is 5.32 Å². The number of rotatable bonds is 2. The van der Waals surface area contributed by atoms with Gasteiger partial charge in [0.15, 0.2) is 0 Å². The van der Waals surface area contributed by atoms with Gasteiger partial charge in [-0.15, -0.1) is 0 Å². The molecule has 0 aliphatic carbocycles. The van der Waals surface area contributed by atoms with E-state index >= 15 is 0 Å². The molecule has 0 saturated heterocycles. The summed E-state index contributed by atoms with van der Waals surface area (Å²) in [5.41, 5.74) is 1.76. The molecule has 15 heavy (non-hydrogen) atoms. The van der Waals surface area contributed by atoms with E-state index in [1.54, 1.807) is 0 Å². The van der Waals surface area contributed by atoms with Crippen molar-refractivity contribution in [2.24, 2.45) is 0 Å². The van der Waals surface area contributed by atoms with Crippen LogP contribution in [0.3, 0.4) is 0 Å². The predicted octanol–water partition coefficient (Wildman–Crippen LogP) is 2.77. The maximum Gasteiger partial charge on any atom is 0.223 e. The monoisotopic (exact) mass is 285 g/mol. The molecule has 0 unspecified atom stereocenters. The Morgan fingerprint density at radius 3 is 2.93 bits per heavy atom. The zero-order valence-corrected chi connectivity index (χ0v) is 10.4. The average Bonchev–Trinajstić information content (AvgIpc) is 2.20. The van der Waals surface area contributed by atoms with Crippen molar-refractivity contribution in [3.63, 3.8) is 0 Å². The number of hydrogen-bond acceptors (Lipinski definition) is 3. The second-order valence-electron chi connectivity index (χ2n) is 3.11. The van der Waals surface area contributed by atoms with Gasteiger partial charge in [0.1, 0.15) is 0 Å². The number of nitrogens with zero attached hydrogens (tertiary/aromatic N) is 2. The Morgan fingerprint density at radius 2 is 2.20 bits per heavy atom. The van der Waals surface area contributed by atoms with Crippen molar-refractivity contribution in [2.45, 2.75) is 6.54 Å². The highest BCUT2D eigenvalue weighted by atomic mass is 79.9. The molecule has 78 valence electrons. The molecule has 3 nitrogen and oxygen atoms in total. The van der Waals surface area contributed by atoms with Gasteiger partial charge in [0.05, 0.1) is 11.2 Å². The summed E-state index contributed by atoms with van der Waals surface area (Å²) in [4.78, 5) is 8.40. The number of halogens is 2. The van der Waals surface area contributed by atoms with Crippen LogP contribution in [0, 0.1) is 0 Å². The third kappa shape index (κ3) is 2.12. The van der Waals surface area contributed by atoms with E-state index in [-0.39, 0.29) is 5.28 Å². The minimum Gasteiger partial charge on any atom is -0.314 e. The molecule has 0 fully saturated rings. The van der Waals surface area contributed by atoms with Crippen LogP contribution in [0.1, 0.15) is 5.69 Å². The van der Waals surface area contributed by atoms with Crippen LogP contribution in [0.15, 0.2) is 22.7 Å². The second kappa shape index (κ2) is 4.43. The van der Waals surface area contributed by atoms with E-state index in [1.165, 1.54) is 0 Å². The van der Waals surface area contributed by atoms with Gasteiger partial charge in [0, 0.05) is 16.4 Å². The molecule has 1 aromatic carbocycles. The first-order valence-electron chi connectivity index (χ1n) is 4.47. The third-order valence-electron chi connectivity index (χ3n) is 2.07. The Hall–Kier alpha value is -0.710. The van der Waals surface area contributed by atoms with E-state index in [1.807, 2.05) is 25.2 Å². The maximum absolute atomic E-state index is 5.86. The van der Waals surface area contributed by atoms with E-state index in [9.17, 15) is 0 Å². The number of para-hydroxylation sites is 1. The van der Waals surface area contributed by atoms with Gasteiger partial charge in [0.2, 0.25) is 5.28 Å². The molecule has 0 saturated carbocycles. The molecule has 1 N–H and O–H groups in total. The topological polar surface area (TPSA) is 37.8 Å². The summed E-state index contributed by atoms with van der Waals surface area (Å²) in [5.74, 6) is 0. The lowest BCUT2D eigenvalue weighted by molar-refractivity contribution is 0.795. The number of nitrogens with one attached hydrogen (secondary N) is 1. The van der Waals surface area contributed by atoms with Crippen LogP contribution in [-0.2, 0) is 6.54 Å². The molecule has 0 bridgehead atoms. The zero-order valence-electron chi connectivity index (χ0n) is 8.09. The molecule has 0 amide bonds. The van der Waals surface area contributed by atoms with Crippen LogP contribution in [0.4, 0.5) is 0 Å². The molecule has 0 aliphatic rings. The predicted molar refractivity (Wildman–Crippen MR) is 65.0 cm³/mol. The third-order valence-corrected chi connectivity index (χ3v) is 2.88. The van der Waals surface area contributed by atoms with Crippen LogP contribution in [-0.4, -0.2) is 17.0 Å². The molecule has 5 heteroatoms. The first-order chi connectivity index (χ1) is 7.22. The Labute approximate surface area is 101 Å². The molecule has 0 radical (unpaired) electrons. The molecular weight excluding hydrogens is 277 g/mol. The highest BCUT2D eigenvalue weighted by Gasteiger charge is 2.07. The molecule has 0 spiro atoms. The number of aromatic nitrogens is 2. The van der Waals surface area contributed by atoms with Crippen LogP contribution in [0.2, 0.25) is 5.28 Å². The number of hydrogen-bond donors (Lipinski definition) is 1. The summed E-state index contributed by atoms with van der Waals surface area (Å²) in [7, 11) is 1.87. The fourth-order valence-electron chi connectivity index (χ4n) is 1.45. The van der Waals surface area contributed by atoms with Gasteiger partial charge in [-0.3, -0.25) is 0 Å². The lowest BCUT2D eigenvalue weighted by atomic mass is 10.2. The Balaban J connectivity index is 2.74. The fraction of sp³-hybridized carbons (Fsp3) is 0.200. The summed E-state index contributed by atoms with van der Waals surface area (Å²) in [6, 6.07) is 5.89. The van der Waals surface area contributed by atoms with Crippen molar-refractivity contribution in [1.29, 1.82) is 0 Å². The highest BCUT2D eigenvalue weighted by Crippen LogP contribution is 2.24.